The van der Waals surface area contributed by atoms with Gasteiger partial charge in [-0.05, 0) is 25.0 Å². The van der Waals surface area contributed by atoms with E-state index in [9.17, 15) is 13.2 Å². The minimum Gasteiger partial charge on any atom is -0.323 e. The molecule has 104 valence electrons. The third-order valence-electron chi connectivity index (χ3n) is 2.63. The Labute approximate surface area is 112 Å². The van der Waals surface area contributed by atoms with Gasteiger partial charge in [-0.1, -0.05) is 12.1 Å². The number of benzene rings is 1. The fourth-order valence-corrected chi connectivity index (χ4v) is 2.18. The molecule has 1 aromatic carbocycles. The lowest BCUT2D eigenvalue weighted by Gasteiger charge is -2.12. The average molecular weight is 283 g/mol. The van der Waals surface area contributed by atoms with Gasteiger partial charge in [-0.2, -0.15) is 0 Å². The van der Waals surface area contributed by atoms with E-state index >= 15 is 0 Å². The van der Waals surface area contributed by atoms with E-state index in [0.717, 1.165) is 19.1 Å². The summed E-state index contributed by atoms with van der Waals surface area (Å²) in [5.41, 5.74) is 0.820. The van der Waals surface area contributed by atoms with Crippen LogP contribution in [-0.2, 0) is 14.8 Å². The normalized spacial score (nSPS) is 15.0. The van der Waals surface area contributed by atoms with Crippen molar-refractivity contribution in [2.45, 2.75) is 18.9 Å². The standard InChI is InChI=1S/C12H17N3O3S/c1-19(17,18)15-11-5-3-2-4-10(11)14-12(16)8-13-9-6-7-9/h2-5,9,13,15H,6-8H2,1H3,(H,14,16). The Morgan fingerprint density at radius 2 is 1.89 bits per heavy atom. The van der Waals surface area contributed by atoms with Gasteiger partial charge in [0.15, 0.2) is 0 Å². The molecule has 1 aliphatic carbocycles. The van der Waals surface area contributed by atoms with Gasteiger partial charge >= 0.3 is 0 Å². The Hall–Kier alpha value is -1.60. The van der Waals surface area contributed by atoms with Crippen LogP contribution in [-0.4, -0.2) is 33.2 Å². The third kappa shape index (κ3) is 4.88. The molecule has 6 nitrogen and oxygen atoms in total. The van der Waals surface area contributed by atoms with Crippen LogP contribution in [0.15, 0.2) is 24.3 Å². The second kappa shape index (κ2) is 5.58. The minimum atomic E-state index is -3.37. The van der Waals surface area contributed by atoms with Crippen LogP contribution in [0.25, 0.3) is 0 Å². The number of amides is 1. The summed E-state index contributed by atoms with van der Waals surface area (Å²) in [7, 11) is -3.37. The zero-order valence-corrected chi connectivity index (χ0v) is 11.5. The molecule has 0 unspecified atom stereocenters. The summed E-state index contributed by atoms with van der Waals surface area (Å²) in [4.78, 5) is 11.7. The lowest BCUT2D eigenvalue weighted by Crippen LogP contribution is -2.29. The van der Waals surface area contributed by atoms with Gasteiger partial charge in [0.05, 0.1) is 24.2 Å². The van der Waals surface area contributed by atoms with Crippen molar-refractivity contribution >= 4 is 27.3 Å². The van der Waals surface area contributed by atoms with Crippen molar-refractivity contribution < 1.29 is 13.2 Å². The first-order chi connectivity index (χ1) is 8.94. The van der Waals surface area contributed by atoms with Crippen LogP contribution in [0.5, 0.6) is 0 Å². The maximum atomic E-state index is 11.7. The van der Waals surface area contributed by atoms with Crippen molar-refractivity contribution in [2.75, 3.05) is 22.8 Å². The van der Waals surface area contributed by atoms with Gasteiger partial charge in [-0.25, -0.2) is 8.42 Å². The van der Waals surface area contributed by atoms with Gasteiger partial charge in [-0.15, -0.1) is 0 Å². The van der Waals surface area contributed by atoms with Crippen LogP contribution in [0.1, 0.15) is 12.8 Å². The molecule has 2 rings (SSSR count). The predicted molar refractivity (Wildman–Crippen MR) is 74.6 cm³/mol. The molecule has 0 saturated heterocycles. The van der Waals surface area contributed by atoms with E-state index in [1.807, 2.05) is 0 Å². The van der Waals surface area contributed by atoms with Gasteiger partial charge in [0, 0.05) is 6.04 Å². The van der Waals surface area contributed by atoms with Gasteiger partial charge in [0.25, 0.3) is 0 Å². The number of sulfonamides is 1. The zero-order chi connectivity index (χ0) is 13.9. The van der Waals surface area contributed by atoms with E-state index < -0.39 is 10.0 Å². The largest absolute Gasteiger partial charge is 0.323 e. The molecule has 0 radical (unpaired) electrons. The smallest absolute Gasteiger partial charge is 0.238 e. The Morgan fingerprint density at radius 1 is 1.26 bits per heavy atom. The summed E-state index contributed by atoms with van der Waals surface area (Å²) in [6, 6.07) is 7.14. The van der Waals surface area contributed by atoms with E-state index in [1.54, 1.807) is 24.3 Å². The number of hydrogen-bond donors (Lipinski definition) is 3. The number of rotatable bonds is 6. The van der Waals surface area contributed by atoms with Crippen molar-refractivity contribution in [2.24, 2.45) is 0 Å². The lowest BCUT2D eigenvalue weighted by atomic mass is 10.2. The highest BCUT2D eigenvalue weighted by atomic mass is 32.2. The van der Waals surface area contributed by atoms with Crippen LogP contribution in [0, 0.1) is 0 Å². The molecule has 1 aromatic rings. The van der Waals surface area contributed by atoms with Gasteiger partial charge in [-0.3, -0.25) is 9.52 Å². The fraction of sp³-hybridized carbons (Fsp3) is 0.417. The first-order valence-electron chi connectivity index (χ1n) is 6.04. The predicted octanol–water partition coefficient (Wildman–Crippen LogP) is 0.749. The van der Waals surface area contributed by atoms with E-state index in [-0.39, 0.29) is 12.5 Å². The Balaban J connectivity index is 1.99. The Bertz CT molecular complexity index is 567. The second-order valence-corrected chi connectivity index (χ2v) is 6.37. The summed E-state index contributed by atoms with van der Waals surface area (Å²) >= 11 is 0. The van der Waals surface area contributed by atoms with Crippen molar-refractivity contribution in [1.29, 1.82) is 0 Å². The maximum Gasteiger partial charge on any atom is 0.238 e. The van der Waals surface area contributed by atoms with E-state index in [2.05, 4.69) is 15.4 Å². The lowest BCUT2D eigenvalue weighted by molar-refractivity contribution is -0.115. The SMILES string of the molecule is CS(=O)(=O)Nc1ccccc1NC(=O)CNC1CC1. The molecule has 0 spiro atoms. The number of carbonyl (C=O) groups excluding carboxylic acids is 1. The van der Waals surface area contributed by atoms with E-state index in [1.165, 1.54) is 0 Å². The topological polar surface area (TPSA) is 87.3 Å². The highest BCUT2D eigenvalue weighted by Gasteiger charge is 2.21. The fourth-order valence-electron chi connectivity index (χ4n) is 1.60. The quantitative estimate of drug-likeness (QED) is 0.719. The number of nitrogens with one attached hydrogen (secondary N) is 3. The van der Waals surface area contributed by atoms with E-state index in [4.69, 9.17) is 0 Å². The molecular formula is C12H17N3O3S. The van der Waals surface area contributed by atoms with Gasteiger partial charge in [0.2, 0.25) is 15.9 Å². The van der Waals surface area contributed by atoms with Gasteiger partial charge in [0.1, 0.15) is 0 Å². The molecule has 7 heteroatoms. The number of para-hydroxylation sites is 2. The van der Waals surface area contributed by atoms with Crippen LogP contribution in [0.4, 0.5) is 11.4 Å². The average Bonchev–Trinajstić information content (AvgIpc) is 3.11. The Kier molecular flexibility index (Phi) is 4.06. The minimum absolute atomic E-state index is 0.186. The van der Waals surface area contributed by atoms with Crippen molar-refractivity contribution in [3.8, 4) is 0 Å². The molecule has 3 N–H and O–H groups in total. The highest BCUT2D eigenvalue weighted by Crippen LogP contribution is 2.22. The molecule has 1 saturated carbocycles. The number of carbonyl (C=O) groups is 1. The number of hydrogen-bond acceptors (Lipinski definition) is 4. The Morgan fingerprint density at radius 3 is 2.47 bits per heavy atom. The first-order valence-corrected chi connectivity index (χ1v) is 7.93. The number of anilines is 2. The zero-order valence-electron chi connectivity index (χ0n) is 10.6. The first kappa shape index (κ1) is 13.8. The molecule has 0 bridgehead atoms. The van der Waals surface area contributed by atoms with Crippen LogP contribution in [0.3, 0.4) is 0 Å². The van der Waals surface area contributed by atoms with Crippen LogP contribution >= 0.6 is 0 Å². The van der Waals surface area contributed by atoms with Crippen molar-refractivity contribution in [1.82, 2.24) is 5.32 Å². The summed E-state index contributed by atoms with van der Waals surface area (Å²) in [6.45, 7) is 0.234. The molecule has 0 heterocycles. The van der Waals surface area contributed by atoms with Crippen LogP contribution < -0.4 is 15.4 Å². The molecule has 1 aliphatic rings. The monoisotopic (exact) mass is 283 g/mol. The molecule has 0 atom stereocenters. The summed E-state index contributed by atoms with van der Waals surface area (Å²) in [5, 5.41) is 5.78. The summed E-state index contributed by atoms with van der Waals surface area (Å²) in [6.07, 6.45) is 3.29. The summed E-state index contributed by atoms with van der Waals surface area (Å²) in [5.74, 6) is -0.186. The van der Waals surface area contributed by atoms with Crippen molar-refractivity contribution in [3.63, 3.8) is 0 Å². The second-order valence-electron chi connectivity index (χ2n) is 4.62. The molecule has 1 fully saturated rings. The maximum absolute atomic E-state index is 11.7. The molecular weight excluding hydrogens is 266 g/mol. The van der Waals surface area contributed by atoms with E-state index in [0.29, 0.717) is 17.4 Å². The highest BCUT2D eigenvalue weighted by molar-refractivity contribution is 7.92. The molecule has 0 aliphatic heterocycles. The van der Waals surface area contributed by atoms with Crippen LogP contribution in [0.2, 0.25) is 0 Å². The third-order valence-corrected chi connectivity index (χ3v) is 3.22. The molecule has 19 heavy (non-hydrogen) atoms. The van der Waals surface area contributed by atoms with Gasteiger partial charge < -0.3 is 10.6 Å². The van der Waals surface area contributed by atoms with Crippen molar-refractivity contribution in [3.05, 3.63) is 24.3 Å². The molecule has 1 amide bonds. The summed E-state index contributed by atoms with van der Waals surface area (Å²) < 4.78 is 24.8. The molecule has 0 aromatic heterocycles.